The van der Waals surface area contributed by atoms with Gasteiger partial charge in [-0.1, -0.05) is 146 Å². The molecule has 0 saturated heterocycles. The molecular formula is C44H65NSi4. The number of rotatable bonds is 6. The lowest BCUT2D eigenvalue weighted by Gasteiger charge is -2.38. The first kappa shape index (κ1) is 40.8. The zero-order chi connectivity index (χ0) is 37.3. The Balaban J connectivity index is 2.54. The molecule has 0 radical (unpaired) electrons. The Kier molecular flexibility index (Phi) is 12.7. The zero-order valence-electron chi connectivity index (χ0n) is 34.3. The van der Waals surface area contributed by atoms with E-state index in [1.54, 1.807) is 0 Å². The number of hydrogen-bond donors (Lipinski definition) is 1. The molecule has 0 fully saturated rings. The fourth-order valence-electron chi connectivity index (χ4n) is 8.18. The molecule has 0 saturated carbocycles. The Bertz CT molecular complexity index is 1740. The maximum Gasteiger partial charge on any atom is 0.146 e. The molecule has 0 aliphatic heterocycles. The van der Waals surface area contributed by atoms with E-state index in [-0.39, 0.29) is 0 Å². The Morgan fingerprint density at radius 2 is 0.694 bits per heavy atom. The van der Waals surface area contributed by atoms with Gasteiger partial charge in [-0.2, -0.15) is 0 Å². The maximum absolute atomic E-state index is 3.98. The fourth-order valence-corrected chi connectivity index (χ4v) is 19.7. The number of nitrogens with one attached hydrogen (secondary N) is 1. The second-order valence-corrected chi connectivity index (χ2v) is 39.0. The molecule has 0 bridgehead atoms. The van der Waals surface area contributed by atoms with Crippen molar-refractivity contribution in [3.05, 3.63) is 46.5 Å². The van der Waals surface area contributed by atoms with Crippen molar-refractivity contribution in [1.29, 1.82) is 0 Å². The summed E-state index contributed by atoms with van der Waals surface area (Å²) in [7, 11) is -7.07. The average molecular weight is 720 g/mol. The third-order valence-corrected chi connectivity index (χ3v) is 24.9. The highest BCUT2D eigenvalue weighted by atomic mass is 28.3. The molecule has 0 aliphatic carbocycles. The molecule has 262 valence electrons. The van der Waals surface area contributed by atoms with Crippen LogP contribution < -0.4 is 0 Å². The summed E-state index contributed by atoms with van der Waals surface area (Å²) in [6.07, 6.45) is 0. The van der Waals surface area contributed by atoms with Gasteiger partial charge < -0.3 is 4.98 Å². The van der Waals surface area contributed by atoms with Gasteiger partial charge in [-0.15, -0.1) is 22.2 Å². The number of benzene rings is 2. The summed E-state index contributed by atoms with van der Waals surface area (Å²) in [5.74, 6) is 14.8. The Morgan fingerprint density at radius 3 is 0.939 bits per heavy atom. The quantitative estimate of drug-likeness (QED) is 0.193. The minimum absolute atomic E-state index is 0.579. The Morgan fingerprint density at radius 1 is 0.408 bits per heavy atom. The van der Waals surface area contributed by atoms with E-state index in [1.165, 1.54) is 10.8 Å². The molecule has 0 amide bonds. The van der Waals surface area contributed by atoms with Crippen LogP contribution in [0.4, 0.5) is 0 Å². The van der Waals surface area contributed by atoms with E-state index >= 15 is 0 Å². The van der Waals surface area contributed by atoms with Gasteiger partial charge in [0.25, 0.3) is 0 Å². The monoisotopic (exact) mass is 719 g/mol. The fraction of sp³-hybridized carbons (Fsp3) is 0.545. The predicted octanol–water partition coefficient (Wildman–Crippen LogP) is 12.9. The van der Waals surface area contributed by atoms with Crippen molar-refractivity contribution in [3.8, 4) is 45.9 Å². The first-order valence-corrected chi connectivity index (χ1v) is 30.2. The summed E-state index contributed by atoms with van der Waals surface area (Å²) in [4.78, 5) is 3.84. The highest BCUT2D eigenvalue weighted by molar-refractivity contribution is 6.91. The van der Waals surface area contributed by atoms with E-state index in [4.69, 9.17) is 0 Å². The summed E-state index contributed by atoms with van der Waals surface area (Å²) in [6, 6.07) is 9.09. The lowest BCUT2D eigenvalue weighted by molar-refractivity contribution is 0.838. The van der Waals surface area contributed by atoms with Crippen molar-refractivity contribution in [3.63, 3.8) is 0 Å². The van der Waals surface area contributed by atoms with Gasteiger partial charge in [0.1, 0.15) is 32.3 Å². The molecule has 49 heavy (non-hydrogen) atoms. The molecule has 0 spiro atoms. The van der Waals surface area contributed by atoms with E-state index in [1.807, 2.05) is 0 Å². The molecule has 1 nitrogen and oxygen atoms in total. The van der Waals surface area contributed by atoms with Gasteiger partial charge in [0, 0.05) is 33.0 Å². The smallest absolute Gasteiger partial charge is 0.146 e. The molecule has 1 heterocycles. The Hall–Kier alpha value is -2.65. The van der Waals surface area contributed by atoms with E-state index in [0.717, 1.165) is 33.3 Å². The van der Waals surface area contributed by atoms with E-state index in [0.29, 0.717) is 33.2 Å². The molecule has 0 atom stereocenters. The van der Waals surface area contributed by atoms with Crippen molar-refractivity contribution in [2.75, 3.05) is 0 Å². The average Bonchev–Trinajstić information content (AvgIpc) is 3.32. The van der Waals surface area contributed by atoms with Crippen LogP contribution in [0.15, 0.2) is 24.3 Å². The summed E-state index contributed by atoms with van der Waals surface area (Å²) >= 11 is 0. The highest BCUT2D eigenvalue weighted by Crippen LogP contribution is 2.42. The van der Waals surface area contributed by atoms with Crippen molar-refractivity contribution in [2.24, 2.45) is 0 Å². The third-order valence-electron chi connectivity index (χ3n) is 10.5. The summed E-state index contributed by atoms with van der Waals surface area (Å²) in [5.41, 5.74) is 25.1. The zero-order valence-corrected chi connectivity index (χ0v) is 38.3. The third kappa shape index (κ3) is 8.99. The van der Waals surface area contributed by atoms with Gasteiger partial charge in [0.15, 0.2) is 0 Å². The molecule has 1 aromatic heterocycles. The van der Waals surface area contributed by atoms with Crippen LogP contribution in [0.5, 0.6) is 0 Å². The van der Waals surface area contributed by atoms with Crippen molar-refractivity contribution in [2.45, 2.75) is 156 Å². The summed E-state index contributed by atoms with van der Waals surface area (Å²) in [6.45, 7) is 42.5. The number of aromatic nitrogens is 1. The molecule has 5 heteroatoms. The van der Waals surface area contributed by atoms with Crippen molar-refractivity contribution >= 4 is 54.1 Å². The van der Waals surface area contributed by atoms with Crippen LogP contribution in [-0.2, 0) is 0 Å². The van der Waals surface area contributed by atoms with E-state index in [2.05, 4.69) is 197 Å². The Labute approximate surface area is 305 Å². The van der Waals surface area contributed by atoms with Crippen LogP contribution in [-0.4, -0.2) is 37.3 Å². The topological polar surface area (TPSA) is 15.8 Å². The van der Waals surface area contributed by atoms with Gasteiger partial charge in [-0.3, -0.25) is 0 Å². The minimum atomic E-state index is -1.91. The second-order valence-electron chi connectivity index (χ2n) is 18.3. The van der Waals surface area contributed by atoms with Crippen LogP contribution in [0, 0.1) is 45.9 Å². The number of aromatic amines is 1. The normalized spacial score (nSPS) is 12.7. The maximum atomic E-state index is 3.98. The molecule has 3 aromatic rings. The summed E-state index contributed by atoms with van der Waals surface area (Å²) in [5, 5.41) is 2.35. The predicted molar refractivity (Wildman–Crippen MR) is 232 cm³/mol. The standard InChI is InChI=1S/C44H65NSi4/c1-31(2)48(32(3)4,33(5)6)25-19-37-27-39(21-23-46(13,14)15)43-41(29-37)42-30-38(20-26-49(34(7)8,35(9)10)36(11)12)28-40(44(42)45-43)22-24-47(16,17)18/h27-36,45H,1-18H3. The number of hydrogen-bond acceptors (Lipinski definition) is 0. The second kappa shape index (κ2) is 15.3. The molecule has 0 aliphatic rings. The van der Waals surface area contributed by atoms with Crippen LogP contribution in [0.1, 0.15) is 105 Å². The van der Waals surface area contributed by atoms with Crippen molar-refractivity contribution in [1.82, 2.24) is 4.98 Å². The van der Waals surface area contributed by atoms with Gasteiger partial charge in [-0.05, 0) is 57.5 Å². The minimum Gasteiger partial charge on any atom is -0.352 e. The van der Waals surface area contributed by atoms with Gasteiger partial charge in [0.2, 0.25) is 0 Å². The lowest BCUT2D eigenvalue weighted by Crippen LogP contribution is -2.43. The van der Waals surface area contributed by atoms with E-state index < -0.39 is 32.3 Å². The van der Waals surface area contributed by atoms with Crippen LogP contribution in [0.25, 0.3) is 21.8 Å². The summed E-state index contributed by atoms with van der Waals surface area (Å²) < 4.78 is 0. The van der Waals surface area contributed by atoms with Gasteiger partial charge in [-0.25, -0.2) is 0 Å². The lowest BCUT2D eigenvalue weighted by atomic mass is 10.0. The molecule has 2 aromatic carbocycles. The van der Waals surface area contributed by atoms with Gasteiger partial charge in [0.05, 0.1) is 11.0 Å². The highest BCUT2D eigenvalue weighted by Gasteiger charge is 2.42. The molecular weight excluding hydrogens is 655 g/mol. The first-order valence-electron chi connectivity index (χ1n) is 18.7. The first-order chi connectivity index (χ1) is 22.5. The van der Waals surface area contributed by atoms with E-state index in [9.17, 15) is 0 Å². The largest absolute Gasteiger partial charge is 0.352 e. The SMILES string of the molecule is CC(C)[Si](C#Cc1cc(C#C[Si](C)(C)C)c2[nH]c3c(C#C[Si](C)(C)C)cc(C#C[Si](C(C)C)(C(C)C)C(C)C)cc3c2c1)(C(C)C)C(C)C. The number of fused-ring (bicyclic) bond motifs is 3. The number of H-pyrrole nitrogens is 1. The van der Waals surface area contributed by atoms with Crippen molar-refractivity contribution < 1.29 is 0 Å². The van der Waals surface area contributed by atoms with Crippen LogP contribution in [0.2, 0.25) is 72.5 Å². The van der Waals surface area contributed by atoms with Crippen LogP contribution >= 0.6 is 0 Å². The molecule has 3 rings (SSSR count). The molecule has 1 N–H and O–H groups in total. The molecule has 0 unspecified atom stereocenters. The van der Waals surface area contributed by atoms with Crippen LogP contribution in [0.3, 0.4) is 0 Å². The van der Waals surface area contributed by atoms with Gasteiger partial charge >= 0.3 is 0 Å².